The van der Waals surface area contributed by atoms with Crippen LogP contribution in [0.1, 0.15) is 31.0 Å². The molecule has 9 heteroatoms. The number of aromatic nitrogens is 4. The van der Waals surface area contributed by atoms with Crippen LogP contribution in [0.25, 0.3) is 22.4 Å². The average Bonchev–Trinajstić information content (AvgIpc) is 3.41. The molecule has 5 rings (SSSR count). The summed E-state index contributed by atoms with van der Waals surface area (Å²) in [7, 11) is -2.80. The molecule has 158 valence electrons. The number of hydrogen-bond donors (Lipinski definition) is 2. The first-order chi connectivity index (χ1) is 14.3. The highest BCUT2D eigenvalue weighted by molar-refractivity contribution is 7.92. The molecule has 2 fully saturated rings. The number of morpholine rings is 1. The zero-order chi connectivity index (χ0) is 21.1. The van der Waals surface area contributed by atoms with E-state index in [1.165, 1.54) is 6.26 Å². The van der Waals surface area contributed by atoms with E-state index in [4.69, 9.17) is 19.5 Å². The van der Waals surface area contributed by atoms with Gasteiger partial charge >= 0.3 is 0 Å². The summed E-state index contributed by atoms with van der Waals surface area (Å²) < 4.78 is 26.1. The Morgan fingerprint density at radius 2 is 2.17 bits per heavy atom. The minimum absolute atomic E-state index is 0.178. The summed E-state index contributed by atoms with van der Waals surface area (Å²) in [4.78, 5) is 19.7. The minimum atomic E-state index is -2.80. The predicted molar refractivity (Wildman–Crippen MR) is 117 cm³/mol. The SMILES string of the molecule is Cc1cnc2[nH]ccc2c1-c1nc(N2CCOC[C@H]2C)cc(C2(S(C)(=N)=O)CC2)n1. The van der Waals surface area contributed by atoms with Gasteiger partial charge in [0.15, 0.2) is 5.82 Å². The van der Waals surface area contributed by atoms with Crippen LogP contribution in [0.2, 0.25) is 0 Å². The van der Waals surface area contributed by atoms with Crippen LogP contribution in [-0.2, 0) is 19.2 Å². The first-order valence-corrected chi connectivity index (χ1v) is 12.2. The lowest BCUT2D eigenvalue weighted by Crippen LogP contribution is -2.44. The molecule has 3 aromatic heterocycles. The number of nitrogens with zero attached hydrogens (tertiary/aromatic N) is 4. The number of H-pyrrole nitrogens is 1. The van der Waals surface area contributed by atoms with Crippen molar-refractivity contribution in [1.29, 1.82) is 4.78 Å². The minimum Gasteiger partial charge on any atom is -0.377 e. The summed E-state index contributed by atoms with van der Waals surface area (Å²) in [5.41, 5.74) is 3.40. The molecule has 0 radical (unpaired) electrons. The predicted octanol–water partition coefficient (Wildman–Crippen LogP) is 3.22. The van der Waals surface area contributed by atoms with Gasteiger partial charge in [-0.3, -0.25) is 4.78 Å². The number of rotatable bonds is 4. The molecule has 2 atom stereocenters. The molecule has 2 aliphatic rings. The standard InChI is InChI=1S/C21H26N6O2S/c1-13-11-24-19-15(4-7-23-19)18(13)20-25-16(21(5-6-21)30(3,22)28)10-17(26-20)27-8-9-29-12-14(27)2/h4,7,10-11,14,22H,5-6,8-9,12H2,1-3H3,(H,23,24)/t14-,30?/m1/s1. The third-order valence-electron chi connectivity index (χ3n) is 6.29. The van der Waals surface area contributed by atoms with Gasteiger partial charge in [0.2, 0.25) is 0 Å². The highest BCUT2D eigenvalue weighted by Crippen LogP contribution is 2.52. The molecule has 2 N–H and O–H groups in total. The Morgan fingerprint density at radius 1 is 1.37 bits per heavy atom. The van der Waals surface area contributed by atoms with Gasteiger partial charge in [-0.25, -0.2) is 19.2 Å². The molecule has 1 aliphatic carbocycles. The van der Waals surface area contributed by atoms with E-state index in [0.29, 0.717) is 24.7 Å². The zero-order valence-electron chi connectivity index (χ0n) is 17.4. The van der Waals surface area contributed by atoms with Gasteiger partial charge in [-0.1, -0.05) is 0 Å². The first kappa shape index (κ1) is 19.4. The average molecular weight is 427 g/mol. The molecule has 1 saturated heterocycles. The van der Waals surface area contributed by atoms with Crippen LogP contribution >= 0.6 is 0 Å². The number of fused-ring (bicyclic) bond motifs is 1. The maximum atomic E-state index is 12.9. The third kappa shape index (κ3) is 2.99. The number of nitrogens with one attached hydrogen (secondary N) is 2. The second kappa shape index (κ2) is 6.75. The van der Waals surface area contributed by atoms with E-state index in [1.807, 2.05) is 31.5 Å². The summed E-state index contributed by atoms with van der Waals surface area (Å²) in [5.74, 6) is 1.40. The highest BCUT2D eigenvalue weighted by atomic mass is 32.2. The molecule has 0 amide bonds. The monoisotopic (exact) mass is 426 g/mol. The third-order valence-corrected chi connectivity index (χ3v) is 8.40. The summed E-state index contributed by atoms with van der Waals surface area (Å²) in [6.45, 7) is 6.13. The maximum Gasteiger partial charge on any atom is 0.162 e. The molecule has 0 aromatic carbocycles. The van der Waals surface area contributed by atoms with Crippen LogP contribution in [0.15, 0.2) is 24.5 Å². The van der Waals surface area contributed by atoms with Gasteiger partial charge in [0.25, 0.3) is 0 Å². The smallest absolute Gasteiger partial charge is 0.162 e. The number of aryl methyl sites for hydroxylation is 1. The lowest BCUT2D eigenvalue weighted by molar-refractivity contribution is 0.0985. The normalized spacial score (nSPS) is 22.8. The van der Waals surface area contributed by atoms with Crippen LogP contribution in [0.3, 0.4) is 0 Å². The van der Waals surface area contributed by atoms with E-state index >= 15 is 0 Å². The molecular weight excluding hydrogens is 400 g/mol. The number of anilines is 1. The van der Waals surface area contributed by atoms with Crippen molar-refractivity contribution < 1.29 is 8.95 Å². The van der Waals surface area contributed by atoms with Gasteiger partial charge in [-0.15, -0.1) is 0 Å². The number of hydrogen-bond acceptors (Lipinski definition) is 7. The largest absolute Gasteiger partial charge is 0.377 e. The Labute approximate surface area is 176 Å². The Balaban J connectivity index is 1.75. The van der Waals surface area contributed by atoms with Crippen LogP contribution < -0.4 is 4.90 Å². The van der Waals surface area contributed by atoms with Gasteiger partial charge < -0.3 is 14.6 Å². The van der Waals surface area contributed by atoms with E-state index in [9.17, 15) is 4.21 Å². The Bertz CT molecular complexity index is 1230. The quantitative estimate of drug-likeness (QED) is 0.663. The maximum absolute atomic E-state index is 12.9. The van der Waals surface area contributed by atoms with Crippen molar-refractivity contribution in [3.8, 4) is 11.4 Å². The molecule has 1 aliphatic heterocycles. The summed E-state index contributed by atoms with van der Waals surface area (Å²) in [5, 5.41) is 0.959. The van der Waals surface area contributed by atoms with Crippen LogP contribution in [0.4, 0.5) is 5.82 Å². The van der Waals surface area contributed by atoms with Gasteiger partial charge in [0.05, 0.1) is 39.4 Å². The summed E-state index contributed by atoms with van der Waals surface area (Å²) >= 11 is 0. The van der Waals surface area contributed by atoms with Gasteiger partial charge in [0, 0.05) is 42.2 Å². The Morgan fingerprint density at radius 3 is 2.87 bits per heavy atom. The van der Waals surface area contributed by atoms with Crippen molar-refractivity contribution in [3.63, 3.8) is 0 Å². The Kier molecular flexibility index (Phi) is 4.37. The molecule has 8 nitrogen and oxygen atoms in total. The summed E-state index contributed by atoms with van der Waals surface area (Å²) in [6, 6.07) is 4.11. The van der Waals surface area contributed by atoms with E-state index < -0.39 is 14.5 Å². The van der Waals surface area contributed by atoms with Gasteiger partial charge in [0.1, 0.15) is 11.5 Å². The van der Waals surface area contributed by atoms with Gasteiger partial charge in [-0.05, 0) is 38.3 Å². The molecule has 1 saturated carbocycles. The molecule has 4 heterocycles. The van der Waals surface area contributed by atoms with Crippen molar-refractivity contribution in [3.05, 3.63) is 35.8 Å². The fraction of sp³-hybridized carbons (Fsp3) is 0.476. The molecule has 0 bridgehead atoms. The van der Waals surface area contributed by atoms with E-state index in [-0.39, 0.29) is 6.04 Å². The van der Waals surface area contributed by atoms with Crippen molar-refractivity contribution in [2.45, 2.75) is 37.5 Å². The first-order valence-electron chi connectivity index (χ1n) is 10.2. The van der Waals surface area contributed by atoms with Crippen LogP contribution in [0.5, 0.6) is 0 Å². The molecule has 1 unspecified atom stereocenters. The molecule has 3 aromatic rings. The van der Waals surface area contributed by atoms with Crippen LogP contribution in [0, 0.1) is 11.7 Å². The fourth-order valence-corrected chi connectivity index (χ4v) is 5.74. The van der Waals surface area contributed by atoms with Crippen molar-refractivity contribution >= 4 is 26.6 Å². The van der Waals surface area contributed by atoms with Gasteiger partial charge in [-0.2, -0.15) is 0 Å². The second-order valence-electron chi connectivity index (χ2n) is 8.45. The number of pyridine rings is 1. The fourth-order valence-electron chi connectivity index (χ4n) is 4.36. The van der Waals surface area contributed by atoms with Crippen molar-refractivity contribution in [1.82, 2.24) is 19.9 Å². The van der Waals surface area contributed by atoms with Crippen molar-refractivity contribution in [2.24, 2.45) is 0 Å². The lowest BCUT2D eigenvalue weighted by Gasteiger charge is -2.35. The van der Waals surface area contributed by atoms with E-state index in [2.05, 4.69) is 21.8 Å². The molecule has 30 heavy (non-hydrogen) atoms. The molecule has 0 spiro atoms. The number of aromatic amines is 1. The zero-order valence-corrected chi connectivity index (χ0v) is 18.3. The second-order valence-corrected chi connectivity index (χ2v) is 10.9. The summed E-state index contributed by atoms with van der Waals surface area (Å²) in [6.07, 6.45) is 6.65. The number of ether oxygens (including phenoxy) is 1. The topological polar surface area (TPSA) is 108 Å². The van der Waals surface area contributed by atoms with E-state index in [0.717, 1.165) is 47.4 Å². The molecular formula is C21H26N6O2S. The van der Waals surface area contributed by atoms with Crippen molar-refractivity contribution in [2.75, 3.05) is 30.9 Å². The van der Waals surface area contributed by atoms with E-state index in [1.54, 1.807) is 0 Å². The highest BCUT2D eigenvalue weighted by Gasteiger charge is 2.53. The van der Waals surface area contributed by atoms with Crippen LogP contribution in [-0.4, -0.2) is 56.2 Å². The Hall–Kier alpha value is -2.52. The lowest BCUT2D eigenvalue weighted by atomic mass is 10.1.